The van der Waals surface area contributed by atoms with Crippen LogP contribution < -0.4 is 5.32 Å². The van der Waals surface area contributed by atoms with Gasteiger partial charge in [-0.3, -0.25) is 0 Å². The van der Waals surface area contributed by atoms with Crippen LogP contribution in [0.1, 0.15) is 44.1 Å². The molecule has 0 atom stereocenters. The minimum absolute atomic E-state index is 0.0157. The molecule has 10 heteroatoms. The van der Waals surface area contributed by atoms with Crippen LogP contribution in [0.3, 0.4) is 0 Å². The van der Waals surface area contributed by atoms with Crippen LogP contribution in [0.2, 0.25) is 5.02 Å². The number of halogens is 1. The molecule has 2 heterocycles. The molecule has 1 saturated heterocycles. The largest absolute Gasteiger partial charge is 0.382 e. The fourth-order valence-electron chi connectivity index (χ4n) is 3.91. The Morgan fingerprint density at radius 3 is 2.61 bits per heavy atom. The summed E-state index contributed by atoms with van der Waals surface area (Å²) in [6.07, 6.45) is 2.47. The van der Waals surface area contributed by atoms with Gasteiger partial charge < -0.3 is 15.2 Å². The van der Waals surface area contributed by atoms with Crippen LogP contribution in [0, 0.1) is 5.41 Å². The standard InChI is InChI=1S/C23H26ClN5O3S/c1-15(2)26-20-13-17(7-8-18(20)14-25)22-27-23(32-28-22)16-9-11-29(12-10-16)33(30,31)21-6-4-3-5-19(21)24/h3-8,13-16,25-26H,9-12H2,1-2H3. The second kappa shape index (κ2) is 9.62. The number of nitrogens with zero attached hydrogens (tertiary/aromatic N) is 3. The number of sulfonamides is 1. The number of hydrogen-bond donors (Lipinski definition) is 2. The second-order valence-electron chi connectivity index (χ2n) is 8.31. The minimum Gasteiger partial charge on any atom is -0.382 e. The van der Waals surface area contributed by atoms with Gasteiger partial charge in [0.1, 0.15) is 4.90 Å². The lowest BCUT2D eigenvalue weighted by Gasteiger charge is -2.29. The Balaban J connectivity index is 1.48. The molecule has 1 aliphatic heterocycles. The second-order valence-corrected chi connectivity index (χ2v) is 10.6. The highest BCUT2D eigenvalue weighted by molar-refractivity contribution is 7.89. The third kappa shape index (κ3) is 4.95. The number of nitrogens with one attached hydrogen (secondary N) is 2. The van der Waals surface area contributed by atoms with E-state index in [1.54, 1.807) is 18.2 Å². The van der Waals surface area contributed by atoms with E-state index < -0.39 is 10.0 Å². The van der Waals surface area contributed by atoms with E-state index in [0.29, 0.717) is 37.6 Å². The van der Waals surface area contributed by atoms with Gasteiger partial charge in [0, 0.05) is 48.1 Å². The van der Waals surface area contributed by atoms with Gasteiger partial charge in [-0.2, -0.15) is 9.29 Å². The summed E-state index contributed by atoms with van der Waals surface area (Å²) in [6, 6.07) is 12.3. The Labute approximate surface area is 198 Å². The molecule has 0 saturated carbocycles. The van der Waals surface area contributed by atoms with E-state index in [4.69, 9.17) is 21.5 Å². The van der Waals surface area contributed by atoms with E-state index in [9.17, 15) is 8.42 Å². The first-order valence-electron chi connectivity index (χ1n) is 10.8. The molecule has 4 rings (SSSR count). The predicted octanol–water partition coefficient (Wildman–Crippen LogP) is 4.78. The molecule has 0 amide bonds. The van der Waals surface area contributed by atoms with Crippen LogP contribution >= 0.6 is 11.6 Å². The van der Waals surface area contributed by atoms with Gasteiger partial charge in [-0.1, -0.05) is 41.0 Å². The summed E-state index contributed by atoms with van der Waals surface area (Å²) in [6.45, 7) is 4.77. The van der Waals surface area contributed by atoms with E-state index in [1.165, 1.54) is 16.6 Å². The first kappa shape index (κ1) is 23.4. The zero-order valence-corrected chi connectivity index (χ0v) is 20.0. The number of anilines is 1. The average molecular weight is 488 g/mol. The van der Waals surface area contributed by atoms with Crippen molar-refractivity contribution in [2.24, 2.45) is 0 Å². The van der Waals surface area contributed by atoms with E-state index in [0.717, 1.165) is 16.8 Å². The molecule has 0 radical (unpaired) electrons. The fourth-order valence-corrected chi connectivity index (χ4v) is 5.87. The number of rotatable bonds is 7. The van der Waals surface area contributed by atoms with Gasteiger partial charge in [0.2, 0.25) is 21.7 Å². The van der Waals surface area contributed by atoms with Crippen molar-refractivity contribution in [3.63, 3.8) is 0 Å². The number of benzene rings is 2. The Kier molecular flexibility index (Phi) is 6.83. The highest BCUT2D eigenvalue weighted by atomic mass is 35.5. The molecule has 0 aliphatic carbocycles. The highest BCUT2D eigenvalue weighted by Crippen LogP contribution is 2.33. The van der Waals surface area contributed by atoms with Crippen molar-refractivity contribution in [2.75, 3.05) is 18.4 Å². The Morgan fingerprint density at radius 2 is 1.94 bits per heavy atom. The van der Waals surface area contributed by atoms with Gasteiger partial charge >= 0.3 is 0 Å². The SMILES string of the molecule is CC(C)Nc1cc(-c2noc(C3CCN(S(=O)(=O)c4ccccc4Cl)CC3)n2)ccc1C=N. The summed E-state index contributed by atoms with van der Waals surface area (Å²) in [5.74, 6) is 0.965. The van der Waals surface area contributed by atoms with Crippen molar-refractivity contribution < 1.29 is 12.9 Å². The Morgan fingerprint density at radius 1 is 1.21 bits per heavy atom. The van der Waals surface area contributed by atoms with Crippen LogP contribution in [-0.2, 0) is 10.0 Å². The molecule has 3 aromatic rings. The first-order valence-corrected chi connectivity index (χ1v) is 12.6. The quantitative estimate of drug-likeness (QED) is 0.464. The molecule has 0 spiro atoms. The molecule has 1 aliphatic rings. The van der Waals surface area contributed by atoms with Gasteiger partial charge in [0.15, 0.2) is 0 Å². The van der Waals surface area contributed by atoms with Gasteiger partial charge in [-0.05, 0) is 44.9 Å². The van der Waals surface area contributed by atoms with E-state index in [-0.39, 0.29) is 21.9 Å². The minimum atomic E-state index is -3.65. The summed E-state index contributed by atoms with van der Waals surface area (Å²) in [7, 11) is -3.65. The molecule has 1 aromatic heterocycles. The lowest BCUT2D eigenvalue weighted by Crippen LogP contribution is -2.38. The lowest BCUT2D eigenvalue weighted by atomic mass is 9.98. The Hall–Kier alpha value is -2.75. The molecule has 1 fully saturated rings. The summed E-state index contributed by atoms with van der Waals surface area (Å²) in [5, 5.41) is 15.3. The third-order valence-electron chi connectivity index (χ3n) is 5.61. The highest BCUT2D eigenvalue weighted by Gasteiger charge is 2.33. The van der Waals surface area contributed by atoms with E-state index in [2.05, 4.69) is 15.5 Å². The molecule has 0 bridgehead atoms. The number of aromatic nitrogens is 2. The number of hydrogen-bond acceptors (Lipinski definition) is 7. The molecular weight excluding hydrogens is 462 g/mol. The van der Waals surface area contributed by atoms with Crippen molar-refractivity contribution in [2.45, 2.75) is 43.5 Å². The average Bonchev–Trinajstić information content (AvgIpc) is 3.29. The van der Waals surface area contributed by atoms with Crippen LogP contribution in [0.4, 0.5) is 5.69 Å². The van der Waals surface area contributed by atoms with Crippen molar-refractivity contribution in [3.05, 3.63) is 58.9 Å². The molecular formula is C23H26ClN5O3S. The zero-order chi connectivity index (χ0) is 23.6. The molecule has 0 unspecified atom stereocenters. The van der Waals surface area contributed by atoms with Gasteiger partial charge in [-0.15, -0.1) is 0 Å². The lowest BCUT2D eigenvalue weighted by molar-refractivity contribution is 0.271. The zero-order valence-electron chi connectivity index (χ0n) is 18.5. The summed E-state index contributed by atoms with van der Waals surface area (Å²) >= 11 is 6.12. The van der Waals surface area contributed by atoms with Crippen molar-refractivity contribution in [1.82, 2.24) is 14.4 Å². The molecule has 2 N–H and O–H groups in total. The van der Waals surface area contributed by atoms with E-state index in [1.807, 2.05) is 32.0 Å². The summed E-state index contributed by atoms with van der Waals surface area (Å²) in [4.78, 5) is 4.72. The summed E-state index contributed by atoms with van der Waals surface area (Å²) in [5.41, 5.74) is 2.41. The van der Waals surface area contributed by atoms with Crippen LogP contribution in [0.5, 0.6) is 0 Å². The maximum absolute atomic E-state index is 13.0. The first-order chi connectivity index (χ1) is 15.8. The maximum atomic E-state index is 13.0. The molecule has 33 heavy (non-hydrogen) atoms. The van der Waals surface area contributed by atoms with Crippen LogP contribution in [-0.4, -0.2) is 48.2 Å². The van der Waals surface area contributed by atoms with Crippen LogP contribution in [0.25, 0.3) is 11.4 Å². The van der Waals surface area contributed by atoms with Crippen LogP contribution in [0.15, 0.2) is 51.9 Å². The number of piperidine rings is 1. The van der Waals surface area contributed by atoms with Gasteiger partial charge in [-0.25, -0.2) is 8.42 Å². The maximum Gasteiger partial charge on any atom is 0.244 e. The third-order valence-corrected chi connectivity index (χ3v) is 8.01. The Bertz CT molecular complexity index is 1250. The smallest absolute Gasteiger partial charge is 0.244 e. The fraction of sp³-hybridized carbons (Fsp3) is 0.348. The topological polar surface area (TPSA) is 112 Å². The van der Waals surface area contributed by atoms with Crippen molar-refractivity contribution in [3.8, 4) is 11.4 Å². The molecule has 8 nitrogen and oxygen atoms in total. The van der Waals surface area contributed by atoms with Crippen molar-refractivity contribution in [1.29, 1.82) is 5.41 Å². The molecule has 2 aromatic carbocycles. The van der Waals surface area contributed by atoms with Gasteiger partial charge in [0.05, 0.1) is 5.02 Å². The normalized spacial score (nSPS) is 15.6. The molecule has 174 valence electrons. The van der Waals surface area contributed by atoms with Crippen molar-refractivity contribution >= 4 is 33.5 Å². The van der Waals surface area contributed by atoms with Gasteiger partial charge in [0.25, 0.3) is 0 Å². The predicted molar refractivity (Wildman–Crippen MR) is 129 cm³/mol. The van der Waals surface area contributed by atoms with E-state index >= 15 is 0 Å². The summed E-state index contributed by atoms with van der Waals surface area (Å²) < 4.78 is 32.9. The monoisotopic (exact) mass is 487 g/mol.